The molecule has 0 spiro atoms. The van der Waals surface area contributed by atoms with Gasteiger partial charge in [0, 0.05) is 12.1 Å². The number of methoxy groups -OCH3 is 1. The number of benzene rings is 2. The first-order valence-corrected chi connectivity index (χ1v) is 5.83. The second-order valence-corrected chi connectivity index (χ2v) is 4.05. The van der Waals surface area contributed by atoms with Gasteiger partial charge in [0.25, 0.3) is 0 Å². The first-order valence-electron chi connectivity index (χ1n) is 5.83. The van der Waals surface area contributed by atoms with Crippen LogP contribution in [0.1, 0.15) is 21.5 Å². The topological polar surface area (TPSA) is 52.3 Å². The first kappa shape index (κ1) is 13.2. The van der Waals surface area contributed by atoms with E-state index in [4.69, 9.17) is 10.5 Å². The smallest absolute Gasteiger partial charge is 0.196 e. The summed E-state index contributed by atoms with van der Waals surface area (Å²) in [6.07, 6.45) is 0. The maximum absolute atomic E-state index is 14.0. The van der Waals surface area contributed by atoms with E-state index in [1.54, 1.807) is 30.3 Å². The minimum absolute atomic E-state index is 0.000140. The van der Waals surface area contributed by atoms with Crippen LogP contribution in [0.5, 0.6) is 5.75 Å². The van der Waals surface area contributed by atoms with Gasteiger partial charge in [-0.05, 0) is 17.7 Å². The third-order valence-electron chi connectivity index (χ3n) is 2.88. The predicted molar refractivity (Wildman–Crippen MR) is 70.7 cm³/mol. The van der Waals surface area contributed by atoms with Crippen LogP contribution in [0.4, 0.5) is 4.39 Å². The molecule has 0 aromatic heterocycles. The zero-order valence-electron chi connectivity index (χ0n) is 10.5. The molecule has 0 amide bonds. The van der Waals surface area contributed by atoms with Crippen LogP contribution in [0, 0.1) is 5.82 Å². The second-order valence-electron chi connectivity index (χ2n) is 4.05. The monoisotopic (exact) mass is 259 g/mol. The van der Waals surface area contributed by atoms with Gasteiger partial charge in [-0.15, -0.1) is 0 Å². The van der Waals surface area contributed by atoms with Crippen molar-refractivity contribution in [3.05, 3.63) is 65.0 Å². The van der Waals surface area contributed by atoms with E-state index in [2.05, 4.69) is 0 Å². The van der Waals surface area contributed by atoms with Crippen molar-refractivity contribution in [2.24, 2.45) is 5.73 Å². The summed E-state index contributed by atoms with van der Waals surface area (Å²) in [5.74, 6) is -0.956. The van der Waals surface area contributed by atoms with Crippen molar-refractivity contribution in [2.75, 3.05) is 7.11 Å². The molecule has 2 aromatic rings. The molecular weight excluding hydrogens is 245 g/mol. The molecule has 0 aliphatic rings. The highest BCUT2D eigenvalue weighted by Crippen LogP contribution is 2.22. The van der Waals surface area contributed by atoms with E-state index in [0.717, 1.165) is 5.56 Å². The first-order chi connectivity index (χ1) is 9.17. The molecule has 0 radical (unpaired) electrons. The molecule has 2 aromatic carbocycles. The lowest BCUT2D eigenvalue weighted by Gasteiger charge is -2.07. The van der Waals surface area contributed by atoms with Crippen molar-refractivity contribution in [3.63, 3.8) is 0 Å². The Balaban J connectivity index is 2.38. The van der Waals surface area contributed by atoms with Gasteiger partial charge >= 0.3 is 0 Å². The summed E-state index contributed by atoms with van der Waals surface area (Å²) in [6, 6.07) is 11.3. The molecule has 0 aliphatic heterocycles. The van der Waals surface area contributed by atoms with Crippen molar-refractivity contribution in [1.29, 1.82) is 0 Å². The molecular formula is C15H14FNO2. The number of carbonyl (C=O) groups is 1. The van der Waals surface area contributed by atoms with E-state index in [-0.39, 0.29) is 17.1 Å². The number of nitrogens with two attached hydrogens (primary N) is 1. The number of carbonyl (C=O) groups excluding carboxylic acids is 1. The highest BCUT2D eigenvalue weighted by atomic mass is 19.1. The van der Waals surface area contributed by atoms with E-state index in [0.29, 0.717) is 12.1 Å². The van der Waals surface area contributed by atoms with Gasteiger partial charge in [0.2, 0.25) is 0 Å². The van der Waals surface area contributed by atoms with E-state index < -0.39 is 5.82 Å². The molecule has 2 rings (SSSR count). The van der Waals surface area contributed by atoms with Crippen LogP contribution in [0.3, 0.4) is 0 Å². The van der Waals surface area contributed by atoms with Crippen LogP contribution in [0.25, 0.3) is 0 Å². The maximum Gasteiger partial charge on any atom is 0.196 e. The lowest BCUT2D eigenvalue weighted by Crippen LogP contribution is -2.06. The van der Waals surface area contributed by atoms with Gasteiger partial charge in [-0.1, -0.05) is 30.3 Å². The van der Waals surface area contributed by atoms with E-state index in [1.807, 2.05) is 0 Å². The number of ketones is 1. The number of hydrogen-bond donors (Lipinski definition) is 1. The van der Waals surface area contributed by atoms with Gasteiger partial charge in [-0.3, -0.25) is 4.79 Å². The van der Waals surface area contributed by atoms with Crippen LogP contribution in [0.15, 0.2) is 42.5 Å². The molecule has 3 nitrogen and oxygen atoms in total. The molecule has 0 saturated heterocycles. The van der Waals surface area contributed by atoms with Crippen LogP contribution >= 0.6 is 0 Å². The number of hydrogen-bond acceptors (Lipinski definition) is 3. The molecule has 0 unspecified atom stereocenters. The molecule has 2 N–H and O–H groups in total. The second kappa shape index (κ2) is 5.63. The van der Waals surface area contributed by atoms with Gasteiger partial charge in [0.1, 0.15) is 0 Å². The molecule has 0 heterocycles. The average molecular weight is 259 g/mol. The minimum Gasteiger partial charge on any atom is -0.494 e. The maximum atomic E-state index is 14.0. The third-order valence-corrected chi connectivity index (χ3v) is 2.88. The minimum atomic E-state index is -0.641. The molecule has 0 bridgehead atoms. The Bertz CT molecular complexity index is 594. The molecule has 0 aliphatic carbocycles. The van der Waals surface area contributed by atoms with Gasteiger partial charge in [-0.2, -0.15) is 0 Å². The standard InChI is InChI=1S/C15H14FNO2/c1-19-13-4-2-3-12(14(13)16)15(18)11-7-5-10(9-17)6-8-11/h2-8H,9,17H2,1H3. The molecule has 19 heavy (non-hydrogen) atoms. The van der Waals surface area contributed by atoms with Gasteiger partial charge in [0.15, 0.2) is 17.3 Å². The average Bonchev–Trinajstić information content (AvgIpc) is 2.47. The fraction of sp³-hybridized carbons (Fsp3) is 0.133. The Kier molecular flexibility index (Phi) is 3.92. The molecule has 0 fully saturated rings. The Hall–Kier alpha value is -2.20. The number of ether oxygens (including phenoxy) is 1. The van der Waals surface area contributed by atoms with Crippen molar-refractivity contribution < 1.29 is 13.9 Å². The van der Waals surface area contributed by atoms with E-state index in [1.165, 1.54) is 19.2 Å². The zero-order chi connectivity index (χ0) is 13.8. The summed E-state index contributed by atoms with van der Waals surface area (Å²) in [6.45, 7) is 0.405. The lowest BCUT2D eigenvalue weighted by molar-refractivity contribution is 0.103. The summed E-state index contributed by atoms with van der Waals surface area (Å²) < 4.78 is 18.9. The van der Waals surface area contributed by atoms with Crippen LogP contribution < -0.4 is 10.5 Å². The normalized spacial score (nSPS) is 10.3. The van der Waals surface area contributed by atoms with Crippen molar-refractivity contribution >= 4 is 5.78 Å². The lowest BCUT2D eigenvalue weighted by atomic mass is 10.0. The fourth-order valence-electron chi connectivity index (χ4n) is 1.79. The zero-order valence-corrected chi connectivity index (χ0v) is 10.5. The molecule has 0 saturated carbocycles. The Morgan fingerprint density at radius 3 is 2.47 bits per heavy atom. The molecule has 98 valence electrons. The summed E-state index contributed by atoms with van der Waals surface area (Å²) in [7, 11) is 1.36. The van der Waals surface area contributed by atoms with Crippen LogP contribution in [0.2, 0.25) is 0 Å². The Morgan fingerprint density at radius 1 is 1.21 bits per heavy atom. The fourth-order valence-corrected chi connectivity index (χ4v) is 1.79. The van der Waals surface area contributed by atoms with Crippen molar-refractivity contribution in [2.45, 2.75) is 6.54 Å². The third kappa shape index (κ3) is 2.63. The van der Waals surface area contributed by atoms with Crippen LogP contribution in [-0.2, 0) is 6.54 Å². The molecule has 4 heteroatoms. The highest BCUT2D eigenvalue weighted by molar-refractivity contribution is 6.09. The number of halogens is 1. The van der Waals surface area contributed by atoms with E-state index >= 15 is 0 Å². The van der Waals surface area contributed by atoms with Crippen molar-refractivity contribution in [3.8, 4) is 5.75 Å². The van der Waals surface area contributed by atoms with Crippen LogP contribution in [-0.4, -0.2) is 12.9 Å². The summed E-state index contributed by atoms with van der Waals surface area (Å²) in [4.78, 5) is 12.2. The summed E-state index contributed by atoms with van der Waals surface area (Å²) in [5, 5.41) is 0. The predicted octanol–water partition coefficient (Wildman–Crippen LogP) is 2.52. The SMILES string of the molecule is COc1cccc(C(=O)c2ccc(CN)cc2)c1F. The van der Waals surface area contributed by atoms with E-state index in [9.17, 15) is 9.18 Å². The Labute approximate surface area is 110 Å². The molecule has 0 atom stereocenters. The highest BCUT2D eigenvalue weighted by Gasteiger charge is 2.16. The van der Waals surface area contributed by atoms with Gasteiger partial charge < -0.3 is 10.5 Å². The largest absolute Gasteiger partial charge is 0.494 e. The Morgan fingerprint density at radius 2 is 1.89 bits per heavy atom. The number of rotatable bonds is 4. The quantitative estimate of drug-likeness (QED) is 0.858. The summed E-state index contributed by atoms with van der Waals surface area (Å²) >= 11 is 0. The summed E-state index contributed by atoms with van der Waals surface area (Å²) in [5.41, 5.74) is 6.83. The van der Waals surface area contributed by atoms with Gasteiger partial charge in [0.05, 0.1) is 12.7 Å². The van der Waals surface area contributed by atoms with Gasteiger partial charge in [-0.25, -0.2) is 4.39 Å². The van der Waals surface area contributed by atoms with Crippen molar-refractivity contribution in [1.82, 2.24) is 0 Å².